The van der Waals surface area contributed by atoms with Crippen molar-refractivity contribution in [2.75, 3.05) is 27.4 Å². The zero-order valence-corrected chi connectivity index (χ0v) is 16.0. The Kier molecular flexibility index (Phi) is 9.88. The Hall–Kier alpha value is -1.85. The van der Waals surface area contributed by atoms with E-state index in [1.54, 1.807) is 7.11 Å². The van der Waals surface area contributed by atoms with Gasteiger partial charge in [0.25, 0.3) is 0 Å². The standard InChI is InChI=1S/C18H25NO4.C2H6/c1-13-6-4-5-7-17(13)23-16-11-14(18(20)22-3)10-15(12-16)19-8-9-21-2;1-2/h4-7,11,15-16,19H,8-10,12H2,1-3H3;1-2H3. The van der Waals surface area contributed by atoms with E-state index in [0.717, 1.165) is 24.3 Å². The Morgan fingerprint density at radius 3 is 2.60 bits per heavy atom. The predicted octanol–water partition coefficient (Wildman–Crippen LogP) is 3.27. The molecule has 1 aromatic rings. The summed E-state index contributed by atoms with van der Waals surface area (Å²) < 4.78 is 16.0. The summed E-state index contributed by atoms with van der Waals surface area (Å²) in [5, 5.41) is 3.41. The first kappa shape index (κ1) is 21.2. The lowest BCUT2D eigenvalue weighted by Gasteiger charge is -2.29. The number of para-hydroxylation sites is 1. The van der Waals surface area contributed by atoms with E-state index in [9.17, 15) is 4.79 Å². The molecule has 0 aromatic heterocycles. The fraction of sp³-hybridized carbons (Fsp3) is 0.550. The Labute approximate surface area is 151 Å². The molecule has 2 atom stereocenters. The molecule has 0 fully saturated rings. The number of esters is 1. The van der Waals surface area contributed by atoms with E-state index in [1.165, 1.54) is 7.11 Å². The second-order valence-electron chi connectivity index (χ2n) is 5.69. The summed E-state index contributed by atoms with van der Waals surface area (Å²) in [5.41, 5.74) is 1.74. The third-order valence-electron chi connectivity index (χ3n) is 3.93. The minimum atomic E-state index is -0.290. The maximum atomic E-state index is 11.9. The number of aryl methyl sites for hydroxylation is 1. The molecule has 140 valence electrons. The molecule has 1 aliphatic carbocycles. The van der Waals surface area contributed by atoms with Crippen LogP contribution in [-0.4, -0.2) is 45.5 Å². The van der Waals surface area contributed by atoms with Crippen LogP contribution >= 0.6 is 0 Å². The van der Waals surface area contributed by atoms with Gasteiger partial charge < -0.3 is 19.5 Å². The van der Waals surface area contributed by atoms with E-state index in [2.05, 4.69) is 5.32 Å². The van der Waals surface area contributed by atoms with Gasteiger partial charge in [-0.3, -0.25) is 0 Å². The number of carbonyl (C=O) groups excluding carboxylic acids is 1. The smallest absolute Gasteiger partial charge is 0.333 e. The Morgan fingerprint density at radius 1 is 1.24 bits per heavy atom. The lowest BCUT2D eigenvalue weighted by Crippen LogP contribution is -2.40. The van der Waals surface area contributed by atoms with Crippen LogP contribution in [0.15, 0.2) is 35.9 Å². The first-order valence-corrected chi connectivity index (χ1v) is 8.87. The van der Waals surface area contributed by atoms with Crippen molar-refractivity contribution in [1.29, 1.82) is 0 Å². The average molecular weight is 349 g/mol. The SMILES string of the molecule is CC.COCCNC1CC(C(=O)OC)=CC(Oc2ccccc2C)C1. The van der Waals surface area contributed by atoms with E-state index in [0.29, 0.717) is 18.6 Å². The molecule has 5 nitrogen and oxygen atoms in total. The highest BCUT2D eigenvalue weighted by Crippen LogP contribution is 2.25. The number of rotatable bonds is 7. The molecule has 0 amide bonds. The number of carbonyl (C=O) groups is 1. The van der Waals surface area contributed by atoms with Gasteiger partial charge in [0, 0.05) is 31.7 Å². The maximum absolute atomic E-state index is 11.9. The van der Waals surface area contributed by atoms with Crippen LogP contribution in [-0.2, 0) is 14.3 Å². The fourth-order valence-electron chi connectivity index (χ4n) is 2.73. The highest BCUT2D eigenvalue weighted by molar-refractivity contribution is 5.88. The van der Waals surface area contributed by atoms with Gasteiger partial charge in [0.15, 0.2) is 0 Å². The number of methoxy groups -OCH3 is 2. The Balaban J connectivity index is 0.00000151. The lowest BCUT2D eigenvalue weighted by molar-refractivity contribution is -0.136. The van der Waals surface area contributed by atoms with E-state index in [4.69, 9.17) is 14.2 Å². The zero-order chi connectivity index (χ0) is 18.7. The number of hydrogen-bond acceptors (Lipinski definition) is 5. The van der Waals surface area contributed by atoms with Crippen LogP contribution in [0.5, 0.6) is 5.75 Å². The summed E-state index contributed by atoms with van der Waals surface area (Å²) in [5.74, 6) is 0.553. The summed E-state index contributed by atoms with van der Waals surface area (Å²) in [6, 6.07) is 8.05. The molecule has 25 heavy (non-hydrogen) atoms. The normalized spacial score (nSPS) is 19.3. The van der Waals surface area contributed by atoms with E-state index in [-0.39, 0.29) is 18.1 Å². The maximum Gasteiger partial charge on any atom is 0.333 e. The molecule has 0 bridgehead atoms. The predicted molar refractivity (Wildman–Crippen MR) is 99.9 cm³/mol. The second-order valence-corrected chi connectivity index (χ2v) is 5.69. The Morgan fingerprint density at radius 2 is 1.96 bits per heavy atom. The third-order valence-corrected chi connectivity index (χ3v) is 3.93. The summed E-state index contributed by atoms with van der Waals surface area (Å²) in [4.78, 5) is 11.9. The lowest BCUT2D eigenvalue weighted by atomic mass is 9.92. The molecule has 0 saturated carbocycles. The van der Waals surface area contributed by atoms with Gasteiger partial charge in [-0.15, -0.1) is 0 Å². The molecule has 0 aliphatic heterocycles. The van der Waals surface area contributed by atoms with E-state index >= 15 is 0 Å². The van der Waals surface area contributed by atoms with Crippen LogP contribution < -0.4 is 10.1 Å². The number of hydrogen-bond donors (Lipinski definition) is 1. The van der Waals surface area contributed by atoms with Crippen LogP contribution in [0.1, 0.15) is 32.3 Å². The van der Waals surface area contributed by atoms with Crippen molar-refractivity contribution in [3.05, 3.63) is 41.5 Å². The van der Waals surface area contributed by atoms with Gasteiger partial charge in [0.1, 0.15) is 11.9 Å². The van der Waals surface area contributed by atoms with Gasteiger partial charge in [-0.2, -0.15) is 0 Å². The van der Waals surface area contributed by atoms with Crippen molar-refractivity contribution in [3.8, 4) is 5.75 Å². The van der Waals surface area contributed by atoms with E-state index in [1.807, 2.05) is 51.1 Å². The molecule has 5 heteroatoms. The van der Waals surface area contributed by atoms with Crippen molar-refractivity contribution in [2.24, 2.45) is 0 Å². The van der Waals surface area contributed by atoms with Gasteiger partial charge in [0.2, 0.25) is 0 Å². The molecule has 1 aliphatic rings. The Bertz CT molecular complexity index is 556. The molecule has 0 spiro atoms. The van der Waals surface area contributed by atoms with Gasteiger partial charge in [0.05, 0.1) is 13.7 Å². The van der Waals surface area contributed by atoms with Crippen molar-refractivity contribution in [2.45, 2.75) is 45.8 Å². The van der Waals surface area contributed by atoms with E-state index < -0.39 is 0 Å². The summed E-state index contributed by atoms with van der Waals surface area (Å²) >= 11 is 0. The van der Waals surface area contributed by atoms with Gasteiger partial charge in [-0.05, 0) is 31.1 Å². The molecule has 0 heterocycles. The molecular weight excluding hydrogens is 318 g/mol. The highest BCUT2D eigenvalue weighted by atomic mass is 16.5. The van der Waals surface area contributed by atoms with Crippen LogP contribution in [0.4, 0.5) is 0 Å². The minimum absolute atomic E-state index is 0.154. The van der Waals surface area contributed by atoms with Crippen LogP contribution in [0.2, 0.25) is 0 Å². The highest BCUT2D eigenvalue weighted by Gasteiger charge is 2.27. The topological polar surface area (TPSA) is 56.8 Å². The number of ether oxygens (including phenoxy) is 3. The third kappa shape index (κ3) is 6.88. The zero-order valence-electron chi connectivity index (χ0n) is 16.0. The average Bonchev–Trinajstić information content (AvgIpc) is 2.65. The van der Waals surface area contributed by atoms with Crippen molar-refractivity contribution in [1.82, 2.24) is 5.32 Å². The monoisotopic (exact) mass is 349 g/mol. The number of benzene rings is 1. The van der Waals surface area contributed by atoms with Crippen LogP contribution in [0.3, 0.4) is 0 Å². The molecule has 1 aromatic carbocycles. The molecule has 0 saturated heterocycles. The largest absolute Gasteiger partial charge is 0.486 e. The van der Waals surface area contributed by atoms with Crippen LogP contribution in [0.25, 0.3) is 0 Å². The van der Waals surface area contributed by atoms with Gasteiger partial charge >= 0.3 is 5.97 Å². The summed E-state index contributed by atoms with van der Waals surface area (Å²) in [6.07, 6.45) is 3.17. The first-order valence-electron chi connectivity index (χ1n) is 8.87. The second kappa shape index (κ2) is 11.7. The van der Waals surface area contributed by atoms with Gasteiger partial charge in [-0.25, -0.2) is 4.79 Å². The number of nitrogens with one attached hydrogen (secondary N) is 1. The molecule has 2 unspecified atom stereocenters. The molecule has 0 radical (unpaired) electrons. The first-order chi connectivity index (χ1) is 12.1. The summed E-state index contributed by atoms with van der Waals surface area (Å²) in [6.45, 7) is 7.39. The van der Waals surface area contributed by atoms with Crippen molar-refractivity contribution in [3.63, 3.8) is 0 Å². The minimum Gasteiger partial charge on any atom is -0.486 e. The summed E-state index contributed by atoms with van der Waals surface area (Å²) in [7, 11) is 3.08. The van der Waals surface area contributed by atoms with Gasteiger partial charge in [-0.1, -0.05) is 32.0 Å². The molecule has 2 rings (SSSR count). The quantitative estimate of drug-likeness (QED) is 0.605. The fourth-order valence-corrected chi connectivity index (χ4v) is 2.73. The molecule has 1 N–H and O–H groups in total. The van der Waals surface area contributed by atoms with Crippen molar-refractivity contribution >= 4 is 5.97 Å². The van der Waals surface area contributed by atoms with Crippen LogP contribution in [0, 0.1) is 6.92 Å². The van der Waals surface area contributed by atoms with Crippen molar-refractivity contribution < 1.29 is 19.0 Å². The molecular formula is C20H31NO4.